The predicted molar refractivity (Wildman–Crippen MR) is 75.5 cm³/mol. The van der Waals surface area contributed by atoms with Crippen molar-refractivity contribution in [2.24, 2.45) is 0 Å². The molecule has 2 aromatic rings. The minimum absolute atomic E-state index is 0.0365. The van der Waals surface area contributed by atoms with Crippen molar-refractivity contribution in [1.29, 1.82) is 0 Å². The van der Waals surface area contributed by atoms with Crippen molar-refractivity contribution in [2.75, 3.05) is 0 Å². The maximum Gasteiger partial charge on any atom is 0.193 e. The van der Waals surface area contributed by atoms with Crippen LogP contribution in [-0.2, 0) is 0 Å². The first-order valence-electron chi connectivity index (χ1n) is 6.09. The van der Waals surface area contributed by atoms with Crippen molar-refractivity contribution < 1.29 is 9.59 Å². The van der Waals surface area contributed by atoms with Gasteiger partial charge in [0.25, 0.3) is 0 Å². The minimum Gasteiger partial charge on any atom is -0.289 e. The van der Waals surface area contributed by atoms with Gasteiger partial charge in [0.1, 0.15) is 0 Å². The van der Waals surface area contributed by atoms with Crippen LogP contribution in [0.2, 0.25) is 0 Å². The lowest BCUT2D eigenvalue weighted by Crippen LogP contribution is -2.02. The second kappa shape index (κ2) is 5.91. The Morgan fingerprint density at radius 3 is 1.89 bits per heavy atom. The zero-order chi connectivity index (χ0) is 13.7. The van der Waals surface area contributed by atoms with Crippen LogP contribution < -0.4 is 0 Å². The number of allylic oxidation sites excluding steroid dienone is 2. The molecule has 0 heterocycles. The molecule has 0 bridgehead atoms. The number of ketones is 2. The summed E-state index contributed by atoms with van der Waals surface area (Å²) in [7, 11) is 0. The lowest BCUT2D eigenvalue weighted by molar-refractivity contribution is 0.103. The van der Waals surface area contributed by atoms with Crippen molar-refractivity contribution in [3.05, 3.63) is 83.4 Å². The van der Waals surface area contributed by atoms with Gasteiger partial charge in [0.05, 0.1) is 0 Å². The van der Waals surface area contributed by atoms with Crippen LogP contribution in [0.15, 0.2) is 66.7 Å². The van der Waals surface area contributed by atoms with Gasteiger partial charge in [-0.1, -0.05) is 60.7 Å². The molecule has 0 unspecified atom stereocenters. The molecule has 0 radical (unpaired) electrons. The smallest absolute Gasteiger partial charge is 0.193 e. The van der Waals surface area contributed by atoms with Crippen LogP contribution in [0.25, 0.3) is 0 Å². The lowest BCUT2D eigenvalue weighted by Gasteiger charge is -2.02. The highest BCUT2D eigenvalue weighted by atomic mass is 16.1. The Morgan fingerprint density at radius 2 is 1.32 bits per heavy atom. The van der Waals surface area contributed by atoms with Crippen molar-refractivity contribution in [3.63, 3.8) is 0 Å². The van der Waals surface area contributed by atoms with Crippen molar-refractivity contribution in [1.82, 2.24) is 0 Å². The van der Waals surface area contributed by atoms with E-state index >= 15 is 0 Å². The summed E-state index contributed by atoms with van der Waals surface area (Å²) in [5.74, 6) is -0.0909. The Labute approximate surface area is 112 Å². The molecular weight excluding hydrogens is 236 g/mol. The SMILES string of the molecule is CC=CC(=O)c1ccc(C(=O)c2ccccc2)cc1. The molecule has 0 aromatic heterocycles. The maximum atomic E-state index is 12.2. The van der Waals surface area contributed by atoms with Gasteiger partial charge in [-0.3, -0.25) is 9.59 Å². The quantitative estimate of drug-likeness (QED) is 0.612. The average Bonchev–Trinajstić information content (AvgIpc) is 2.48. The molecule has 2 aromatic carbocycles. The topological polar surface area (TPSA) is 34.1 Å². The van der Waals surface area contributed by atoms with E-state index in [4.69, 9.17) is 0 Å². The van der Waals surface area contributed by atoms with Gasteiger partial charge in [-0.05, 0) is 13.0 Å². The number of carbonyl (C=O) groups is 2. The third kappa shape index (κ3) is 3.05. The zero-order valence-electron chi connectivity index (χ0n) is 10.7. The molecule has 0 fully saturated rings. The second-order valence-electron chi connectivity index (χ2n) is 4.14. The number of carbonyl (C=O) groups excluding carboxylic acids is 2. The molecule has 94 valence electrons. The Bertz CT molecular complexity index is 607. The van der Waals surface area contributed by atoms with E-state index in [1.165, 1.54) is 6.08 Å². The Kier molecular flexibility index (Phi) is 4.04. The van der Waals surface area contributed by atoms with Gasteiger partial charge >= 0.3 is 0 Å². The fraction of sp³-hybridized carbons (Fsp3) is 0.0588. The van der Waals surface area contributed by atoms with E-state index in [0.29, 0.717) is 16.7 Å². The molecule has 0 aliphatic carbocycles. The van der Waals surface area contributed by atoms with Crippen molar-refractivity contribution >= 4 is 11.6 Å². The monoisotopic (exact) mass is 250 g/mol. The van der Waals surface area contributed by atoms with Crippen LogP contribution >= 0.6 is 0 Å². The van der Waals surface area contributed by atoms with Gasteiger partial charge < -0.3 is 0 Å². The van der Waals surface area contributed by atoms with Gasteiger partial charge in [-0.2, -0.15) is 0 Å². The van der Waals surface area contributed by atoms with E-state index in [1.54, 1.807) is 49.4 Å². The highest BCUT2D eigenvalue weighted by Gasteiger charge is 2.09. The lowest BCUT2D eigenvalue weighted by atomic mass is 10.0. The molecule has 0 N–H and O–H groups in total. The van der Waals surface area contributed by atoms with E-state index in [2.05, 4.69) is 0 Å². The molecule has 0 aliphatic rings. The summed E-state index contributed by atoms with van der Waals surface area (Å²) in [6.07, 6.45) is 3.21. The molecular formula is C17H14O2. The molecule has 19 heavy (non-hydrogen) atoms. The molecule has 0 aliphatic heterocycles. The normalized spacial score (nSPS) is 10.6. The summed E-state index contributed by atoms with van der Waals surface area (Å²) in [6.45, 7) is 1.80. The highest BCUT2D eigenvalue weighted by Crippen LogP contribution is 2.11. The van der Waals surface area contributed by atoms with Crippen LogP contribution in [0.5, 0.6) is 0 Å². The van der Waals surface area contributed by atoms with Gasteiger partial charge in [-0.25, -0.2) is 0 Å². The molecule has 0 saturated heterocycles. The van der Waals surface area contributed by atoms with Crippen LogP contribution in [0, 0.1) is 0 Å². The van der Waals surface area contributed by atoms with Gasteiger partial charge in [-0.15, -0.1) is 0 Å². The fourth-order valence-corrected chi connectivity index (χ4v) is 1.79. The Balaban J connectivity index is 2.24. The minimum atomic E-state index is -0.0544. The highest BCUT2D eigenvalue weighted by molar-refractivity contribution is 6.10. The first-order valence-corrected chi connectivity index (χ1v) is 6.09. The van der Waals surface area contributed by atoms with Crippen LogP contribution in [0.4, 0.5) is 0 Å². The third-order valence-electron chi connectivity index (χ3n) is 2.79. The van der Waals surface area contributed by atoms with Crippen LogP contribution in [0.1, 0.15) is 33.2 Å². The van der Waals surface area contributed by atoms with Gasteiger partial charge in [0, 0.05) is 16.7 Å². The number of hydrogen-bond donors (Lipinski definition) is 0. The van der Waals surface area contributed by atoms with E-state index in [0.717, 1.165) is 0 Å². The average molecular weight is 250 g/mol. The molecule has 0 spiro atoms. The summed E-state index contributed by atoms with van der Waals surface area (Å²) >= 11 is 0. The first-order chi connectivity index (χ1) is 9.22. The van der Waals surface area contributed by atoms with E-state index in [1.807, 2.05) is 18.2 Å². The maximum absolute atomic E-state index is 12.2. The number of benzene rings is 2. The molecule has 0 atom stereocenters. The summed E-state index contributed by atoms with van der Waals surface area (Å²) < 4.78 is 0. The van der Waals surface area contributed by atoms with Crippen molar-refractivity contribution in [3.8, 4) is 0 Å². The van der Waals surface area contributed by atoms with E-state index in [9.17, 15) is 9.59 Å². The second-order valence-corrected chi connectivity index (χ2v) is 4.14. The third-order valence-corrected chi connectivity index (χ3v) is 2.79. The first kappa shape index (κ1) is 13.0. The molecule has 2 heteroatoms. The van der Waals surface area contributed by atoms with Gasteiger partial charge in [0.2, 0.25) is 0 Å². The molecule has 0 saturated carbocycles. The molecule has 2 rings (SSSR count). The van der Waals surface area contributed by atoms with Crippen molar-refractivity contribution in [2.45, 2.75) is 6.92 Å². The molecule has 2 nitrogen and oxygen atoms in total. The summed E-state index contributed by atoms with van der Waals surface area (Å²) in [5.41, 5.74) is 1.82. The summed E-state index contributed by atoms with van der Waals surface area (Å²) in [4.78, 5) is 23.8. The van der Waals surface area contributed by atoms with Gasteiger partial charge in [0.15, 0.2) is 11.6 Å². The van der Waals surface area contributed by atoms with Crippen LogP contribution in [-0.4, -0.2) is 11.6 Å². The largest absolute Gasteiger partial charge is 0.289 e. The Hall–Kier alpha value is -2.48. The summed E-state index contributed by atoms with van der Waals surface area (Å²) in [6, 6.07) is 15.8. The number of hydrogen-bond acceptors (Lipinski definition) is 2. The standard InChI is InChI=1S/C17H14O2/c1-2-6-16(18)13-9-11-15(12-10-13)17(19)14-7-4-3-5-8-14/h2-12H,1H3. The van der Waals surface area contributed by atoms with E-state index in [-0.39, 0.29) is 11.6 Å². The predicted octanol–water partition coefficient (Wildman–Crippen LogP) is 3.68. The summed E-state index contributed by atoms with van der Waals surface area (Å²) in [5, 5.41) is 0. The number of rotatable bonds is 4. The Morgan fingerprint density at radius 1 is 0.789 bits per heavy atom. The zero-order valence-corrected chi connectivity index (χ0v) is 10.7. The molecule has 0 amide bonds. The van der Waals surface area contributed by atoms with Crippen LogP contribution in [0.3, 0.4) is 0 Å². The fourth-order valence-electron chi connectivity index (χ4n) is 1.79. The van der Waals surface area contributed by atoms with E-state index < -0.39 is 0 Å².